The maximum atomic E-state index is 11.6. The van der Waals surface area contributed by atoms with Crippen molar-refractivity contribution < 1.29 is 8.83 Å². The normalized spacial score (nSPS) is 12.9. The van der Waals surface area contributed by atoms with Crippen molar-refractivity contribution in [3.05, 3.63) is 58.0 Å². The number of benzene rings is 1. The van der Waals surface area contributed by atoms with E-state index in [0.717, 1.165) is 28.9 Å². The molecule has 1 N–H and O–H groups in total. The van der Waals surface area contributed by atoms with Crippen molar-refractivity contribution in [3.8, 4) is 0 Å². The van der Waals surface area contributed by atoms with Crippen LogP contribution in [-0.2, 0) is 7.05 Å². The average Bonchev–Trinajstić information content (AvgIpc) is 3.01. The van der Waals surface area contributed by atoms with Crippen LogP contribution in [0.4, 0.5) is 0 Å². The topological polar surface area (TPSA) is 60.3 Å². The summed E-state index contributed by atoms with van der Waals surface area (Å²) < 4.78 is 12.2. The molecule has 0 aliphatic carbocycles. The Morgan fingerprint density at radius 3 is 2.81 bits per heavy atom. The monoisotopic (exact) mass is 286 g/mol. The van der Waals surface area contributed by atoms with E-state index in [1.807, 2.05) is 31.2 Å². The fourth-order valence-corrected chi connectivity index (χ4v) is 2.64. The van der Waals surface area contributed by atoms with E-state index in [0.29, 0.717) is 5.58 Å². The Morgan fingerprint density at radius 2 is 2.14 bits per heavy atom. The number of rotatable bonds is 4. The summed E-state index contributed by atoms with van der Waals surface area (Å²) >= 11 is 0. The number of aromatic nitrogens is 1. The lowest BCUT2D eigenvalue weighted by atomic mass is 9.99. The van der Waals surface area contributed by atoms with Gasteiger partial charge in [0.15, 0.2) is 5.58 Å². The van der Waals surface area contributed by atoms with Crippen LogP contribution >= 0.6 is 0 Å². The molecule has 0 saturated carbocycles. The Morgan fingerprint density at radius 1 is 1.33 bits per heavy atom. The van der Waals surface area contributed by atoms with E-state index < -0.39 is 0 Å². The number of fused-ring (bicyclic) bond motifs is 1. The molecule has 0 fully saturated rings. The minimum Gasteiger partial charge on any atom is -0.469 e. The van der Waals surface area contributed by atoms with Crippen LogP contribution in [0.5, 0.6) is 0 Å². The smallest absolute Gasteiger partial charge is 0.419 e. The van der Waals surface area contributed by atoms with Gasteiger partial charge < -0.3 is 14.2 Å². The molecule has 1 aromatic carbocycles. The Labute approximate surface area is 122 Å². The van der Waals surface area contributed by atoms with Gasteiger partial charge in [0.1, 0.15) is 5.76 Å². The lowest BCUT2D eigenvalue weighted by Crippen LogP contribution is -2.22. The summed E-state index contributed by atoms with van der Waals surface area (Å²) in [4.78, 5) is 11.6. The zero-order valence-electron chi connectivity index (χ0n) is 12.3. The molecular formula is C16H18N2O3. The number of hydrogen-bond acceptors (Lipinski definition) is 4. The van der Waals surface area contributed by atoms with E-state index in [4.69, 9.17) is 8.83 Å². The minimum absolute atomic E-state index is 0.0173. The van der Waals surface area contributed by atoms with Gasteiger partial charge in [0.2, 0.25) is 0 Å². The Bertz CT molecular complexity index is 826. The van der Waals surface area contributed by atoms with Crippen molar-refractivity contribution in [2.75, 3.05) is 6.54 Å². The van der Waals surface area contributed by atoms with E-state index in [1.54, 1.807) is 13.3 Å². The van der Waals surface area contributed by atoms with Gasteiger partial charge in [-0.15, -0.1) is 0 Å². The van der Waals surface area contributed by atoms with Crippen molar-refractivity contribution in [2.45, 2.75) is 19.9 Å². The van der Waals surface area contributed by atoms with Crippen LogP contribution < -0.4 is 11.1 Å². The molecule has 2 aromatic heterocycles. The molecule has 5 heteroatoms. The third kappa shape index (κ3) is 2.29. The third-order valence-corrected chi connectivity index (χ3v) is 3.77. The molecule has 0 saturated heterocycles. The SMILES string of the molecule is CCNC(c1ccc2c(c1)oc(=O)n2C)c1ccoc1C. The first-order valence-corrected chi connectivity index (χ1v) is 6.98. The van der Waals surface area contributed by atoms with Gasteiger partial charge in [-0.25, -0.2) is 4.79 Å². The summed E-state index contributed by atoms with van der Waals surface area (Å²) in [5.41, 5.74) is 3.53. The molecule has 0 bridgehead atoms. The Kier molecular flexibility index (Phi) is 3.43. The highest BCUT2D eigenvalue weighted by atomic mass is 16.4. The van der Waals surface area contributed by atoms with Gasteiger partial charge in [0.05, 0.1) is 17.8 Å². The van der Waals surface area contributed by atoms with Crippen molar-refractivity contribution in [1.82, 2.24) is 9.88 Å². The second kappa shape index (κ2) is 5.26. The van der Waals surface area contributed by atoms with Crippen molar-refractivity contribution >= 4 is 11.1 Å². The molecule has 110 valence electrons. The summed E-state index contributed by atoms with van der Waals surface area (Å²) in [5, 5.41) is 3.44. The highest BCUT2D eigenvalue weighted by Gasteiger charge is 2.18. The van der Waals surface area contributed by atoms with Crippen LogP contribution in [0.1, 0.15) is 29.9 Å². The van der Waals surface area contributed by atoms with Crippen LogP contribution in [0.3, 0.4) is 0 Å². The van der Waals surface area contributed by atoms with E-state index >= 15 is 0 Å². The first kappa shape index (κ1) is 13.7. The summed E-state index contributed by atoms with van der Waals surface area (Å²) in [7, 11) is 1.70. The molecule has 3 rings (SSSR count). The number of aryl methyl sites for hydroxylation is 2. The number of nitrogens with one attached hydrogen (secondary N) is 1. The van der Waals surface area contributed by atoms with Crippen molar-refractivity contribution in [3.63, 3.8) is 0 Å². The molecule has 21 heavy (non-hydrogen) atoms. The molecule has 0 aliphatic rings. The summed E-state index contributed by atoms with van der Waals surface area (Å²) in [6, 6.07) is 7.82. The number of nitrogens with zero attached hydrogens (tertiary/aromatic N) is 1. The predicted molar refractivity (Wildman–Crippen MR) is 80.4 cm³/mol. The van der Waals surface area contributed by atoms with Gasteiger partial charge in [-0.3, -0.25) is 4.57 Å². The summed E-state index contributed by atoms with van der Waals surface area (Å²) in [5.74, 6) is 0.539. The Hall–Kier alpha value is -2.27. The van der Waals surface area contributed by atoms with Gasteiger partial charge in [-0.1, -0.05) is 13.0 Å². The quantitative estimate of drug-likeness (QED) is 0.801. The van der Waals surface area contributed by atoms with Crippen molar-refractivity contribution in [1.29, 1.82) is 0 Å². The molecule has 0 aliphatic heterocycles. The van der Waals surface area contributed by atoms with Gasteiger partial charge in [-0.2, -0.15) is 0 Å². The fourth-order valence-electron chi connectivity index (χ4n) is 2.64. The van der Waals surface area contributed by atoms with Gasteiger partial charge in [0.25, 0.3) is 0 Å². The second-order valence-corrected chi connectivity index (χ2v) is 5.08. The van der Waals surface area contributed by atoms with Crippen molar-refractivity contribution in [2.24, 2.45) is 7.05 Å². The lowest BCUT2D eigenvalue weighted by molar-refractivity contribution is 0.518. The third-order valence-electron chi connectivity index (χ3n) is 3.77. The van der Waals surface area contributed by atoms with Crippen LogP contribution in [-0.4, -0.2) is 11.1 Å². The molecule has 1 unspecified atom stereocenters. The summed E-state index contributed by atoms with van der Waals surface area (Å²) in [6.45, 7) is 4.83. The highest BCUT2D eigenvalue weighted by Crippen LogP contribution is 2.27. The minimum atomic E-state index is -0.346. The van der Waals surface area contributed by atoms with Crippen LogP contribution in [0.15, 0.2) is 44.2 Å². The predicted octanol–water partition coefficient (Wildman–Crippen LogP) is 2.73. The molecule has 2 heterocycles. The average molecular weight is 286 g/mol. The molecule has 0 amide bonds. The molecule has 0 spiro atoms. The van der Waals surface area contributed by atoms with E-state index in [1.165, 1.54) is 4.57 Å². The van der Waals surface area contributed by atoms with Gasteiger partial charge in [-0.05, 0) is 37.2 Å². The molecule has 3 aromatic rings. The largest absolute Gasteiger partial charge is 0.469 e. The first-order valence-electron chi connectivity index (χ1n) is 6.98. The Balaban J connectivity index is 2.11. The zero-order valence-corrected chi connectivity index (χ0v) is 12.3. The molecule has 1 atom stereocenters. The molecule has 0 radical (unpaired) electrons. The van der Waals surface area contributed by atoms with Crippen LogP contribution in [0, 0.1) is 6.92 Å². The second-order valence-electron chi connectivity index (χ2n) is 5.08. The highest BCUT2D eigenvalue weighted by molar-refractivity contribution is 5.74. The zero-order chi connectivity index (χ0) is 15.0. The summed E-state index contributed by atoms with van der Waals surface area (Å²) in [6.07, 6.45) is 1.69. The van der Waals surface area contributed by atoms with E-state index in [2.05, 4.69) is 12.2 Å². The number of hydrogen-bond donors (Lipinski definition) is 1. The van der Waals surface area contributed by atoms with Gasteiger partial charge >= 0.3 is 5.76 Å². The first-order chi connectivity index (χ1) is 10.1. The van der Waals surface area contributed by atoms with Crippen LogP contribution in [0.2, 0.25) is 0 Å². The maximum Gasteiger partial charge on any atom is 0.419 e. The maximum absolute atomic E-state index is 11.6. The standard InChI is InChI=1S/C16H18N2O3/c1-4-17-15(12-7-8-20-10(12)2)11-5-6-13-14(9-11)21-16(19)18(13)3/h5-9,15,17H,4H2,1-3H3. The van der Waals surface area contributed by atoms with E-state index in [9.17, 15) is 4.79 Å². The van der Waals surface area contributed by atoms with Gasteiger partial charge in [0, 0.05) is 12.6 Å². The fraction of sp³-hybridized carbons (Fsp3) is 0.312. The van der Waals surface area contributed by atoms with Crippen LogP contribution in [0.25, 0.3) is 11.1 Å². The van der Waals surface area contributed by atoms with E-state index in [-0.39, 0.29) is 11.8 Å². The molecular weight excluding hydrogens is 268 g/mol. The lowest BCUT2D eigenvalue weighted by Gasteiger charge is -2.17. The number of furan rings is 1. The number of oxazole rings is 1. The molecule has 5 nitrogen and oxygen atoms in total.